The molecule has 0 N–H and O–H groups in total. The fourth-order valence-electron chi connectivity index (χ4n) is 2.55. The molecular weight excluding hydrogens is 438 g/mol. The Morgan fingerprint density at radius 2 is 1.18 bits per heavy atom. The van der Waals surface area contributed by atoms with Crippen LogP contribution in [0.4, 0.5) is 0 Å². The van der Waals surface area contributed by atoms with Crippen molar-refractivity contribution < 1.29 is 0 Å². The summed E-state index contributed by atoms with van der Waals surface area (Å²) >= 11 is 3.47. The maximum Gasteiger partial charge on any atom is 0.0409 e. The SMILES string of the molecule is C.C.C.CC(C)(C)c1ccns1.Cc1ccc(C(C)(C)C)s1.Cc1cccc(C(C)(C)C)c1. The quantitative estimate of drug-likeness (QED) is 0.304. The smallest absolute Gasteiger partial charge is 0.0409 e. The minimum atomic E-state index is 0. The predicted octanol–water partition coefficient (Wildman–Crippen LogP) is 11.0. The molecule has 0 unspecified atom stereocenters. The van der Waals surface area contributed by atoms with Crippen molar-refractivity contribution in [3.63, 3.8) is 0 Å². The largest absolute Gasteiger partial charge is 0.201 e. The van der Waals surface area contributed by atoms with Crippen LogP contribution in [0.2, 0.25) is 0 Å². The number of hydrogen-bond donors (Lipinski definition) is 0. The van der Waals surface area contributed by atoms with Crippen LogP contribution in [0, 0.1) is 13.8 Å². The first-order chi connectivity index (χ1) is 13.6. The molecule has 0 saturated heterocycles. The van der Waals surface area contributed by atoms with Crippen LogP contribution in [0.25, 0.3) is 0 Å². The van der Waals surface area contributed by atoms with Gasteiger partial charge in [0, 0.05) is 20.8 Å². The van der Waals surface area contributed by atoms with Gasteiger partial charge in [0.2, 0.25) is 0 Å². The third-order valence-corrected chi connectivity index (χ3v) is 7.14. The van der Waals surface area contributed by atoms with Crippen molar-refractivity contribution in [2.75, 3.05) is 0 Å². The van der Waals surface area contributed by atoms with Crippen LogP contribution in [0.5, 0.6) is 0 Å². The van der Waals surface area contributed by atoms with Crippen molar-refractivity contribution >= 4 is 22.9 Å². The molecule has 33 heavy (non-hydrogen) atoms. The Hall–Kier alpha value is -1.45. The van der Waals surface area contributed by atoms with E-state index in [1.165, 1.54) is 25.8 Å². The van der Waals surface area contributed by atoms with E-state index < -0.39 is 0 Å². The molecule has 3 aromatic rings. The minimum absolute atomic E-state index is 0. The zero-order valence-corrected chi connectivity index (χ0v) is 22.5. The Balaban J connectivity index is -0.000000393. The summed E-state index contributed by atoms with van der Waals surface area (Å²) in [6.07, 6.45) is 1.85. The highest BCUT2D eigenvalue weighted by Gasteiger charge is 2.15. The molecule has 190 valence electrons. The molecule has 0 aliphatic carbocycles. The normalized spacial score (nSPS) is 10.8. The van der Waals surface area contributed by atoms with Crippen molar-refractivity contribution in [3.05, 3.63) is 74.4 Å². The second-order valence-electron chi connectivity index (χ2n) is 10.9. The molecule has 0 fully saturated rings. The van der Waals surface area contributed by atoms with Gasteiger partial charge < -0.3 is 0 Å². The lowest BCUT2D eigenvalue weighted by Crippen LogP contribution is -2.10. The van der Waals surface area contributed by atoms with Crippen LogP contribution in [0.15, 0.2) is 48.7 Å². The van der Waals surface area contributed by atoms with Crippen molar-refractivity contribution in [1.82, 2.24) is 4.37 Å². The van der Waals surface area contributed by atoms with Crippen molar-refractivity contribution in [3.8, 4) is 0 Å². The van der Waals surface area contributed by atoms with Gasteiger partial charge in [0.1, 0.15) is 0 Å². The molecule has 0 amide bonds. The van der Waals surface area contributed by atoms with Crippen LogP contribution in [-0.4, -0.2) is 4.37 Å². The maximum atomic E-state index is 4.03. The Labute approximate surface area is 215 Å². The van der Waals surface area contributed by atoms with E-state index in [-0.39, 0.29) is 33.1 Å². The minimum Gasteiger partial charge on any atom is -0.201 e. The van der Waals surface area contributed by atoms with E-state index in [4.69, 9.17) is 0 Å². The fourth-order valence-corrected chi connectivity index (χ4v) is 4.11. The lowest BCUT2D eigenvalue weighted by atomic mass is 9.86. The summed E-state index contributed by atoms with van der Waals surface area (Å²) in [7, 11) is 0. The standard InChI is InChI=1S/C11H16.C9H14S.C7H11NS.3CH4/c1-9-6-5-7-10(8-9)11(2,3)4;1-7-5-6-8(10-7)9(2,3)4;1-7(2,3)6-4-5-8-9-6;;;/h5-8H,1-4H3;5-6H,1-4H3;4-5H,1-3H3;3*1H4. The molecule has 2 heterocycles. The first-order valence-corrected chi connectivity index (χ1v) is 12.2. The number of hydrogen-bond acceptors (Lipinski definition) is 3. The van der Waals surface area contributed by atoms with Gasteiger partial charge in [0.05, 0.1) is 0 Å². The lowest BCUT2D eigenvalue weighted by molar-refractivity contribution is 0.590. The fraction of sp³-hybridized carbons (Fsp3) is 0.567. The first-order valence-electron chi connectivity index (χ1n) is 10.7. The van der Waals surface area contributed by atoms with Gasteiger partial charge in [-0.05, 0) is 65.4 Å². The van der Waals surface area contributed by atoms with Crippen LogP contribution in [-0.2, 0) is 16.2 Å². The number of rotatable bonds is 0. The second-order valence-corrected chi connectivity index (χ2v) is 13.0. The summed E-state index contributed by atoms with van der Waals surface area (Å²) in [6, 6.07) is 15.2. The molecule has 0 aliphatic rings. The molecule has 0 radical (unpaired) electrons. The van der Waals surface area contributed by atoms with E-state index in [9.17, 15) is 0 Å². The molecular formula is C30H53NS2. The first kappa shape index (κ1) is 36.1. The molecule has 0 aliphatic heterocycles. The van der Waals surface area contributed by atoms with E-state index in [0.29, 0.717) is 5.41 Å². The number of benzene rings is 1. The van der Waals surface area contributed by atoms with Crippen LogP contribution < -0.4 is 0 Å². The molecule has 0 spiro atoms. The third-order valence-electron chi connectivity index (χ3n) is 4.54. The summed E-state index contributed by atoms with van der Waals surface area (Å²) in [6.45, 7) is 24.3. The highest BCUT2D eigenvalue weighted by molar-refractivity contribution is 7.12. The summed E-state index contributed by atoms with van der Waals surface area (Å²) in [4.78, 5) is 4.23. The van der Waals surface area contributed by atoms with E-state index in [1.807, 2.05) is 17.5 Å². The van der Waals surface area contributed by atoms with Gasteiger partial charge in [-0.25, -0.2) is 4.37 Å². The third kappa shape index (κ3) is 13.8. The van der Waals surface area contributed by atoms with Gasteiger partial charge in [-0.3, -0.25) is 0 Å². The molecule has 1 aromatic carbocycles. The van der Waals surface area contributed by atoms with Gasteiger partial charge in [-0.1, -0.05) is 114 Å². The number of aromatic nitrogens is 1. The molecule has 0 bridgehead atoms. The van der Waals surface area contributed by atoms with Gasteiger partial charge in [-0.15, -0.1) is 11.3 Å². The highest BCUT2D eigenvalue weighted by atomic mass is 32.1. The topological polar surface area (TPSA) is 12.9 Å². The van der Waals surface area contributed by atoms with Crippen LogP contribution >= 0.6 is 22.9 Å². The van der Waals surface area contributed by atoms with Gasteiger partial charge >= 0.3 is 0 Å². The predicted molar refractivity (Wildman–Crippen MR) is 159 cm³/mol. The zero-order chi connectivity index (χ0) is 23.2. The Morgan fingerprint density at radius 1 is 0.636 bits per heavy atom. The Kier molecular flexibility index (Phi) is 16.1. The van der Waals surface area contributed by atoms with Crippen LogP contribution in [0.1, 0.15) is 110 Å². The average Bonchev–Trinajstić information content (AvgIpc) is 3.25. The van der Waals surface area contributed by atoms with Gasteiger partial charge in [0.15, 0.2) is 0 Å². The second kappa shape index (κ2) is 14.7. The molecule has 2 aromatic heterocycles. The van der Waals surface area contributed by atoms with E-state index in [2.05, 4.69) is 123 Å². The zero-order valence-electron chi connectivity index (χ0n) is 20.9. The maximum absolute atomic E-state index is 4.03. The molecule has 3 heteroatoms. The van der Waals surface area contributed by atoms with Crippen LogP contribution in [0.3, 0.4) is 0 Å². The molecule has 0 atom stereocenters. The number of nitrogens with zero attached hydrogens (tertiary/aromatic N) is 1. The van der Waals surface area contributed by atoms with Crippen molar-refractivity contribution in [2.45, 2.75) is 115 Å². The Bertz CT molecular complexity index is 867. The molecule has 1 nitrogen and oxygen atoms in total. The molecule has 3 rings (SSSR count). The molecule has 0 saturated carbocycles. The Morgan fingerprint density at radius 3 is 1.42 bits per heavy atom. The average molecular weight is 492 g/mol. The van der Waals surface area contributed by atoms with Gasteiger partial charge in [0.25, 0.3) is 0 Å². The summed E-state index contributed by atoms with van der Waals surface area (Å²) in [5, 5.41) is 0. The monoisotopic (exact) mass is 491 g/mol. The lowest BCUT2D eigenvalue weighted by Gasteiger charge is -2.19. The van der Waals surface area contributed by atoms with E-state index >= 15 is 0 Å². The highest BCUT2D eigenvalue weighted by Crippen LogP contribution is 2.28. The summed E-state index contributed by atoms with van der Waals surface area (Å²) < 4.78 is 4.03. The van der Waals surface area contributed by atoms with Crippen molar-refractivity contribution in [1.29, 1.82) is 0 Å². The number of thiophene rings is 1. The van der Waals surface area contributed by atoms with Crippen molar-refractivity contribution in [2.24, 2.45) is 0 Å². The van der Waals surface area contributed by atoms with E-state index in [1.54, 1.807) is 11.5 Å². The van der Waals surface area contributed by atoms with Gasteiger partial charge in [-0.2, -0.15) is 0 Å². The summed E-state index contributed by atoms with van der Waals surface area (Å²) in [5.74, 6) is 0. The summed E-state index contributed by atoms with van der Waals surface area (Å²) in [5.41, 5.74) is 3.65. The van der Waals surface area contributed by atoms with E-state index in [0.717, 1.165) is 0 Å². The number of aryl methyl sites for hydroxylation is 2.